The Morgan fingerprint density at radius 3 is 3.13 bits per heavy atom. The maximum absolute atomic E-state index is 11.9. The minimum Gasteiger partial charge on any atom is -0.301 e. The van der Waals surface area contributed by atoms with Crippen LogP contribution in [0, 0.1) is 0 Å². The minimum atomic E-state index is -0.592. The number of nitrogens with zero attached hydrogens (tertiary/aromatic N) is 5. The van der Waals surface area contributed by atoms with Gasteiger partial charge in [0.25, 0.3) is 5.91 Å². The third kappa shape index (κ3) is 3.95. The molecule has 120 valence electrons. The summed E-state index contributed by atoms with van der Waals surface area (Å²) >= 11 is 4.01. The van der Waals surface area contributed by atoms with Gasteiger partial charge in [-0.15, -0.1) is 10.2 Å². The van der Waals surface area contributed by atoms with Crippen LogP contribution in [0.4, 0.5) is 5.13 Å². The van der Waals surface area contributed by atoms with Gasteiger partial charge < -0.3 is 5.32 Å². The summed E-state index contributed by atoms with van der Waals surface area (Å²) in [6.07, 6.45) is 0.796. The Labute approximate surface area is 143 Å². The highest BCUT2D eigenvalue weighted by atomic mass is 32.2. The first-order chi connectivity index (χ1) is 11.2. The van der Waals surface area contributed by atoms with E-state index in [0.717, 1.165) is 21.9 Å². The Balaban J connectivity index is 1.52. The number of amidine groups is 1. The molecule has 0 spiro atoms. The average molecular weight is 369 g/mol. The molecule has 2 amide bonds. The molecule has 3 rings (SSSR count). The second-order valence-electron chi connectivity index (χ2n) is 4.22. The number of aromatic nitrogens is 2. The molecule has 0 saturated carbocycles. The van der Waals surface area contributed by atoms with Gasteiger partial charge >= 0.3 is 0 Å². The van der Waals surface area contributed by atoms with Crippen LogP contribution in [0.25, 0.3) is 0 Å². The van der Waals surface area contributed by atoms with Crippen LogP contribution in [-0.4, -0.2) is 44.9 Å². The van der Waals surface area contributed by atoms with Gasteiger partial charge in [-0.3, -0.25) is 14.9 Å². The van der Waals surface area contributed by atoms with E-state index in [-0.39, 0.29) is 17.6 Å². The molecule has 0 saturated heterocycles. The van der Waals surface area contributed by atoms with Crippen molar-refractivity contribution in [1.29, 1.82) is 0 Å². The molecule has 1 aromatic rings. The number of fused-ring (bicyclic) bond motifs is 1. The lowest BCUT2D eigenvalue weighted by atomic mass is 10.2. The van der Waals surface area contributed by atoms with Crippen molar-refractivity contribution >= 4 is 57.0 Å². The lowest BCUT2D eigenvalue weighted by Crippen LogP contribution is -2.38. The summed E-state index contributed by atoms with van der Waals surface area (Å²) in [6.45, 7) is 2.02. The lowest BCUT2D eigenvalue weighted by molar-refractivity contribution is -0.116. The summed E-state index contributed by atoms with van der Waals surface area (Å²) in [5.74, 6) is 0.457. The van der Waals surface area contributed by atoms with Crippen molar-refractivity contribution in [3.8, 4) is 0 Å². The normalized spacial score (nSPS) is 19.0. The summed E-state index contributed by atoms with van der Waals surface area (Å²) in [4.78, 5) is 27.9. The fraction of sp³-hybridized carbons (Fsp3) is 0.364. The predicted molar refractivity (Wildman–Crippen MR) is 89.7 cm³/mol. The summed E-state index contributed by atoms with van der Waals surface area (Å²) in [5.41, 5.74) is 0.411. The van der Waals surface area contributed by atoms with E-state index in [4.69, 9.17) is 0 Å². The maximum Gasteiger partial charge on any atom is 0.258 e. The molecule has 12 heteroatoms. The number of anilines is 1. The predicted octanol–water partition coefficient (Wildman–Crippen LogP) is 1.48. The Hall–Kier alpha value is -1.79. The zero-order chi connectivity index (χ0) is 16.2. The molecule has 2 aliphatic rings. The highest BCUT2D eigenvalue weighted by molar-refractivity contribution is 8.14. The highest BCUT2D eigenvalue weighted by Crippen LogP contribution is 2.25. The molecule has 1 aromatic heterocycles. The molecule has 0 fully saturated rings. The molecule has 0 bridgehead atoms. The van der Waals surface area contributed by atoms with Gasteiger partial charge in [-0.05, 0) is 5.75 Å². The number of aliphatic imine (C=N–C) groups is 1. The molecule has 0 aliphatic carbocycles. The Bertz CT molecular complexity index is 727. The van der Waals surface area contributed by atoms with E-state index < -0.39 is 6.17 Å². The molecule has 3 heterocycles. The Morgan fingerprint density at radius 2 is 2.30 bits per heavy atom. The van der Waals surface area contributed by atoms with E-state index in [2.05, 4.69) is 36.1 Å². The topological polar surface area (TPSA) is 121 Å². The fourth-order valence-corrected chi connectivity index (χ4v) is 4.02. The average Bonchev–Trinajstić information content (AvgIpc) is 3.15. The summed E-state index contributed by atoms with van der Waals surface area (Å²) < 4.78 is 0.810. The molecule has 0 radical (unpaired) electrons. The van der Waals surface area contributed by atoms with Crippen molar-refractivity contribution in [2.75, 3.05) is 16.8 Å². The van der Waals surface area contributed by atoms with E-state index in [9.17, 15) is 9.59 Å². The third-order valence-corrected chi connectivity index (χ3v) is 5.38. The monoisotopic (exact) mass is 369 g/mol. The van der Waals surface area contributed by atoms with E-state index in [1.165, 1.54) is 17.5 Å². The number of hydrogen-bond acceptors (Lipinski definition) is 10. The van der Waals surface area contributed by atoms with Crippen molar-refractivity contribution in [2.45, 2.75) is 17.4 Å². The van der Waals surface area contributed by atoms with Crippen LogP contribution >= 0.6 is 34.9 Å². The number of azo groups is 1. The third-order valence-electron chi connectivity index (χ3n) is 2.63. The van der Waals surface area contributed by atoms with E-state index in [1.54, 1.807) is 11.8 Å². The molecule has 0 aromatic carbocycles. The first-order valence-electron chi connectivity index (χ1n) is 6.54. The van der Waals surface area contributed by atoms with Crippen molar-refractivity contribution < 1.29 is 9.59 Å². The maximum atomic E-state index is 11.9. The van der Waals surface area contributed by atoms with Crippen LogP contribution < -0.4 is 10.6 Å². The van der Waals surface area contributed by atoms with Crippen molar-refractivity contribution in [3.63, 3.8) is 0 Å². The second kappa shape index (κ2) is 7.19. The molecule has 9 nitrogen and oxygen atoms in total. The van der Waals surface area contributed by atoms with Crippen LogP contribution in [0.15, 0.2) is 31.3 Å². The first-order valence-corrected chi connectivity index (χ1v) is 9.32. The molecule has 23 heavy (non-hydrogen) atoms. The number of rotatable bonds is 5. The zero-order valence-electron chi connectivity index (χ0n) is 11.8. The van der Waals surface area contributed by atoms with Gasteiger partial charge in [-0.2, -0.15) is 10.2 Å². The fourth-order valence-electron chi connectivity index (χ4n) is 1.68. The van der Waals surface area contributed by atoms with E-state index in [0.29, 0.717) is 15.9 Å². The van der Waals surface area contributed by atoms with Crippen LogP contribution in [0.2, 0.25) is 0 Å². The van der Waals surface area contributed by atoms with Gasteiger partial charge in [0.15, 0.2) is 15.7 Å². The second-order valence-corrected chi connectivity index (χ2v) is 7.67. The SMILES string of the molecule is CCSc1nnc(NC(=O)CSC2=NC3N=NC=C3C(=O)N2)s1. The molecule has 2 N–H and O–H groups in total. The van der Waals surface area contributed by atoms with Crippen LogP contribution in [0.1, 0.15) is 6.92 Å². The van der Waals surface area contributed by atoms with E-state index >= 15 is 0 Å². The summed E-state index contributed by atoms with van der Waals surface area (Å²) in [7, 11) is 0. The molecule has 1 unspecified atom stereocenters. The van der Waals surface area contributed by atoms with Gasteiger partial charge in [0, 0.05) is 0 Å². The Kier molecular flexibility index (Phi) is 5.03. The minimum absolute atomic E-state index is 0.0951. The number of hydrogen-bond donors (Lipinski definition) is 2. The summed E-state index contributed by atoms with van der Waals surface area (Å²) in [5, 5.41) is 21.4. The van der Waals surface area contributed by atoms with Gasteiger partial charge in [0.1, 0.15) is 0 Å². The van der Waals surface area contributed by atoms with Gasteiger partial charge in [-0.25, -0.2) is 4.99 Å². The number of nitrogens with one attached hydrogen (secondary N) is 2. The largest absolute Gasteiger partial charge is 0.301 e. The van der Waals surface area contributed by atoms with E-state index in [1.807, 2.05) is 6.92 Å². The standard InChI is InChI=1S/C11H11N7O2S3/c1-2-21-11-18-17-10(23-11)13-6(19)4-22-9-14-7-5(3-12-16-7)8(20)15-9/h3,7H,2,4H2,1H3,(H,13,17,19)(H,14,15,20). The zero-order valence-corrected chi connectivity index (χ0v) is 14.3. The van der Waals surface area contributed by atoms with Gasteiger partial charge in [-0.1, -0.05) is 41.8 Å². The van der Waals surface area contributed by atoms with Crippen molar-refractivity contribution in [3.05, 3.63) is 11.8 Å². The van der Waals surface area contributed by atoms with Crippen molar-refractivity contribution in [2.24, 2.45) is 15.2 Å². The van der Waals surface area contributed by atoms with Crippen molar-refractivity contribution in [1.82, 2.24) is 15.5 Å². The highest BCUT2D eigenvalue weighted by Gasteiger charge is 2.29. The summed E-state index contributed by atoms with van der Waals surface area (Å²) in [6, 6.07) is 0. The Morgan fingerprint density at radius 1 is 1.43 bits per heavy atom. The molecular weight excluding hydrogens is 358 g/mol. The molecule has 2 aliphatic heterocycles. The number of thioether (sulfide) groups is 2. The number of carbonyl (C=O) groups is 2. The first kappa shape index (κ1) is 16.1. The van der Waals surface area contributed by atoms with Crippen LogP contribution in [0.5, 0.6) is 0 Å². The quantitative estimate of drug-likeness (QED) is 0.599. The van der Waals surface area contributed by atoms with Crippen LogP contribution in [-0.2, 0) is 9.59 Å². The van der Waals surface area contributed by atoms with Crippen LogP contribution in [0.3, 0.4) is 0 Å². The molecule has 1 atom stereocenters. The number of carbonyl (C=O) groups excluding carboxylic acids is 2. The van der Waals surface area contributed by atoms with Gasteiger partial charge in [0.2, 0.25) is 11.0 Å². The van der Waals surface area contributed by atoms with Gasteiger partial charge in [0.05, 0.1) is 17.5 Å². The number of amides is 2. The smallest absolute Gasteiger partial charge is 0.258 e. The lowest BCUT2D eigenvalue weighted by Gasteiger charge is -2.16. The molecular formula is C11H11N7O2S3.